The Morgan fingerprint density at radius 2 is 1.50 bits per heavy atom. The van der Waals surface area contributed by atoms with E-state index in [0.29, 0.717) is 5.57 Å². The molecule has 0 saturated heterocycles. The molecule has 140 valence electrons. The third-order valence-electron chi connectivity index (χ3n) is 2.76. The third-order valence-corrected chi connectivity index (χ3v) is 2.76. The summed E-state index contributed by atoms with van der Waals surface area (Å²) >= 11 is 0. The van der Waals surface area contributed by atoms with Crippen molar-refractivity contribution in [1.82, 2.24) is 0 Å². The lowest BCUT2D eigenvalue weighted by Crippen LogP contribution is -2.45. The first-order chi connectivity index (χ1) is 10.5. The van der Waals surface area contributed by atoms with E-state index in [0.717, 1.165) is 0 Å². The zero-order chi connectivity index (χ0) is 19.3. The third kappa shape index (κ3) is 10.3. The van der Waals surface area contributed by atoms with E-state index in [4.69, 9.17) is 15.2 Å². The van der Waals surface area contributed by atoms with Gasteiger partial charge in [-0.3, -0.25) is 15.3 Å². The van der Waals surface area contributed by atoms with Crippen LogP contribution in [-0.4, -0.2) is 29.2 Å². The fraction of sp³-hybridized carbons (Fsp3) is 0.765. The summed E-state index contributed by atoms with van der Waals surface area (Å²) in [7, 11) is 0. The zero-order valence-corrected chi connectivity index (χ0v) is 15.4. The van der Waals surface area contributed by atoms with E-state index in [1.165, 1.54) is 0 Å². The van der Waals surface area contributed by atoms with E-state index < -0.39 is 35.1 Å². The van der Waals surface area contributed by atoms with Crippen molar-refractivity contribution in [3.05, 3.63) is 12.2 Å². The summed E-state index contributed by atoms with van der Waals surface area (Å²) < 4.78 is 37.1. The van der Waals surface area contributed by atoms with Gasteiger partial charge in [-0.2, -0.15) is 8.78 Å². The quantitative estimate of drug-likeness (QED) is 0.432. The normalized spacial score (nSPS) is 14.0. The SMILES string of the molecule is C=C(CCC(C(=O)OC(C)(C)C)C(N)(F)F)CC(=O)OC(C)(C)C. The molecule has 0 aromatic rings. The van der Waals surface area contributed by atoms with Gasteiger partial charge in [-0.15, -0.1) is 0 Å². The monoisotopic (exact) mass is 349 g/mol. The van der Waals surface area contributed by atoms with Crippen molar-refractivity contribution in [2.75, 3.05) is 0 Å². The minimum absolute atomic E-state index is 0.0376. The first-order valence-electron chi connectivity index (χ1n) is 7.79. The molecule has 0 aromatic heterocycles. The molecule has 0 radical (unpaired) electrons. The summed E-state index contributed by atoms with van der Waals surface area (Å²) in [6.07, 6.45) is -0.329. The Labute approximate surface area is 142 Å². The van der Waals surface area contributed by atoms with Crippen molar-refractivity contribution in [3.63, 3.8) is 0 Å². The van der Waals surface area contributed by atoms with E-state index >= 15 is 0 Å². The van der Waals surface area contributed by atoms with E-state index in [9.17, 15) is 18.4 Å². The number of rotatable bonds is 7. The molecule has 0 aliphatic rings. The van der Waals surface area contributed by atoms with Gasteiger partial charge in [-0.25, -0.2) is 0 Å². The summed E-state index contributed by atoms with van der Waals surface area (Å²) in [4.78, 5) is 23.6. The van der Waals surface area contributed by atoms with E-state index in [1.54, 1.807) is 41.5 Å². The van der Waals surface area contributed by atoms with Gasteiger partial charge in [-0.1, -0.05) is 12.2 Å². The predicted molar refractivity (Wildman–Crippen MR) is 87.3 cm³/mol. The number of carbonyl (C=O) groups is 2. The molecule has 7 heteroatoms. The molecule has 2 N–H and O–H groups in total. The average Bonchev–Trinajstić information content (AvgIpc) is 2.20. The topological polar surface area (TPSA) is 78.6 Å². The lowest BCUT2D eigenvalue weighted by molar-refractivity contribution is -0.174. The highest BCUT2D eigenvalue weighted by atomic mass is 19.3. The Morgan fingerprint density at radius 3 is 1.88 bits per heavy atom. The number of hydrogen-bond donors (Lipinski definition) is 1. The van der Waals surface area contributed by atoms with Crippen LogP contribution in [-0.2, 0) is 19.1 Å². The number of alkyl halides is 2. The van der Waals surface area contributed by atoms with Gasteiger partial charge in [-0.05, 0) is 54.4 Å². The van der Waals surface area contributed by atoms with Crippen molar-refractivity contribution >= 4 is 11.9 Å². The maximum absolute atomic E-state index is 13.5. The summed E-state index contributed by atoms with van der Waals surface area (Å²) in [5.74, 6) is -3.37. The van der Waals surface area contributed by atoms with Crippen LogP contribution in [0.3, 0.4) is 0 Å². The van der Waals surface area contributed by atoms with Gasteiger partial charge in [0.2, 0.25) is 0 Å². The van der Waals surface area contributed by atoms with E-state index in [1.807, 2.05) is 0 Å². The summed E-state index contributed by atoms with van der Waals surface area (Å²) in [6.45, 7) is 13.6. The van der Waals surface area contributed by atoms with Gasteiger partial charge in [0, 0.05) is 0 Å². The lowest BCUT2D eigenvalue weighted by Gasteiger charge is -2.27. The zero-order valence-electron chi connectivity index (χ0n) is 15.4. The molecule has 0 aliphatic carbocycles. The average molecular weight is 349 g/mol. The molecule has 0 bridgehead atoms. The van der Waals surface area contributed by atoms with Gasteiger partial charge in [0.05, 0.1) is 6.42 Å². The van der Waals surface area contributed by atoms with Crippen molar-refractivity contribution < 1.29 is 27.8 Å². The van der Waals surface area contributed by atoms with Gasteiger partial charge in [0.1, 0.15) is 17.1 Å². The van der Waals surface area contributed by atoms with Gasteiger partial charge >= 0.3 is 18.0 Å². The van der Waals surface area contributed by atoms with Crippen LogP contribution >= 0.6 is 0 Å². The smallest absolute Gasteiger partial charge is 0.317 e. The van der Waals surface area contributed by atoms with Gasteiger partial charge in [0.25, 0.3) is 0 Å². The van der Waals surface area contributed by atoms with Crippen molar-refractivity contribution in [2.45, 2.75) is 78.1 Å². The fourth-order valence-corrected chi connectivity index (χ4v) is 1.86. The molecule has 1 atom stereocenters. The molecule has 0 spiro atoms. The van der Waals surface area contributed by atoms with Crippen LogP contribution in [0, 0.1) is 5.92 Å². The van der Waals surface area contributed by atoms with Crippen LogP contribution in [0.4, 0.5) is 8.78 Å². The Hall–Kier alpha value is -1.50. The standard InChI is InChI=1S/C17H29F2NO4/c1-11(10-13(21)23-15(2,3)4)8-9-12(17(18,19)20)14(22)24-16(5,6)7/h12H,1,8-10,20H2,2-7H3. The largest absolute Gasteiger partial charge is 0.460 e. The molecule has 0 aliphatic heterocycles. The highest BCUT2D eigenvalue weighted by molar-refractivity contribution is 5.74. The minimum atomic E-state index is -3.71. The van der Waals surface area contributed by atoms with Crippen LogP contribution in [0.15, 0.2) is 12.2 Å². The Kier molecular flexibility index (Phi) is 7.55. The Balaban J connectivity index is 4.71. The molecule has 0 rings (SSSR count). The van der Waals surface area contributed by atoms with Crippen LogP contribution in [0.25, 0.3) is 0 Å². The highest BCUT2D eigenvalue weighted by Gasteiger charge is 2.42. The second-order valence-electron chi connectivity index (χ2n) is 7.81. The predicted octanol–water partition coefficient (Wildman–Crippen LogP) is 3.56. The molecular weight excluding hydrogens is 320 g/mol. The van der Waals surface area contributed by atoms with Crippen LogP contribution in [0.2, 0.25) is 0 Å². The van der Waals surface area contributed by atoms with E-state index in [2.05, 4.69) is 6.58 Å². The first kappa shape index (κ1) is 22.5. The van der Waals surface area contributed by atoms with E-state index in [-0.39, 0.29) is 19.3 Å². The van der Waals surface area contributed by atoms with Gasteiger partial charge < -0.3 is 9.47 Å². The minimum Gasteiger partial charge on any atom is -0.460 e. The summed E-state index contributed by atoms with van der Waals surface area (Å²) in [5, 5.41) is 0. The number of ether oxygens (including phenoxy) is 2. The molecule has 0 amide bonds. The number of esters is 2. The highest BCUT2D eigenvalue weighted by Crippen LogP contribution is 2.28. The molecule has 24 heavy (non-hydrogen) atoms. The Morgan fingerprint density at radius 1 is 1.04 bits per heavy atom. The molecule has 0 saturated carbocycles. The molecule has 0 heterocycles. The van der Waals surface area contributed by atoms with Crippen molar-refractivity contribution in [3.8, 4) is 0 Å². The second kappa shape index (κ2) is 8.05. The maximum Gasteiger partial charge on any atom is 0.317 e. The summed E-state index contributed by atoms with van der Waals surface area (Å²) in [5.41, 5.74) is 3.67. The molecule has 0 fully saturated rings. The number of halogens is 2. The Bertz CT molecular complexity index is 470. The number of hydrogen-bond acceptors (Lipinski definition) is 5. The van der Waals surface area contributed by atoms with Gasteiger partial charge in [0.15, 0.2) is 0 Å². The first-order valence-corrected chi connectivity index (χ1v) is 7.79. The molecular formula is C17H29F2NO4. The van der Waals surface area contributed by atoms with Crippen LogP contribution in [0.5, 0.6) is 0 Å². The second-order valence-corrected chi connectivity index (χ2v) is 7.81. The van der Waals surface area contributed by atoms with Crippen molar-refractivity contribution in [2.24, 2.45) is 11.7 Å². The summed E-state index contributed by atoms with van der Waals surface area (Å²) in [6, 6.07) is -3.71. The van der Waals surface area contributed by atoms with Crippen molar-refractivity contribution in [1.29, 1.82) is 0 Å². The van der Waals surface area contributed by atoms with Crippen LogP contribution < -0.4 is 5.73 Å². The maximum atomic E-state index is 13.5. The van der Waals surface area contributed by atoms with Crippen LogP contribution in [0.1, 0.15) is 60.8 Å². The number of nitrogens with two attached hydrogens (primary N) is 1. The fourth-order valence-electron chi connectivity index (χ4n) is 1.86. The lowest BCUT2D eigenvalue weighted by atomic mass is 9.96. The number of carbonyl (C=O) groups excluding carboxylic acids is 2. The molecule has 1 unspecified atom stereocenters. The molecule has 5 nitrogen and oxygen atoms in total. The molecule has 0 aromatic carbocycles.